The molecule has 16 heavy (non-hydrogen) atoms. The average Bonchev–Trinajstić information content (AvgIpc) is 3.05. The fourth-order valence-corrected chi connectivity index (χ4v) is 1.70. The van der Waals surface area contributed by atoms with Crippen LogP contribution in [0.5, 0.6) is 0 Å². The van der Waals surface area contributed by atoms with Gasteiger partial charge in [0.1, 0.15) is 0 Å². The van der Waals surface area contributed by atoms with Crippen LogP contribution in [0.2, 0.25) is 0 Å². The Labute approximate surface area is 98.1 Å². The minimum atomic E-state index is 0.0286. The molecule has 1 unspecified atom stereocenters. The van der Waals surface area contributed by atoms with Crippen LogP contribution in [0, 0.1) is 11.8 Å². The Hall–Kier alpha value is -0.610. The second-order valence-corrected chi connectivity index (χ2v) is 5.24. The van der Waals surface area contributed by atoms with Gasteiger partial charge in [0.05, 0.1) is 0 Å². The SMILES string of the molecule is CC(C)C(=O)NC[C@@H](N)CCC(N)C1CC1. The van der Waals surface area contributed by atoms with Gasteiger partial charge in [0.2, 0.25) is 5.91 Å². The Bertz CT molecular complexity index is 226. The van der Waals surface area contributed by atoms with Gasteiger partial charge in [-0.1, -0.05) is 13.8 Å². The molecular weight excluding hydrogens is 202 g/mol. The lowest BCUT2D eigenvalue weighted by atomic mass is 10.0. The summed E-state index contributed by atoms with van der Waals surface area (Å²) in [7, 11) is 0. The van der Waals surface area contributed by atoms with Gasteiger partial charge >= 0.3 is 0 Å². The van der Waals surface area contributed by atoms with Crippen LogP contribution >= 0.6 is 0 Å². The Kier molecular flexibility index (Phi) is 5.22. The Balaban J connectivity index is 2.05. The normalized spacial score (nSPS) is 19.6. The molecule has 1 saturated carbocycles. The van der Waals surface area contributed by atoms with Crippen LogP contribution in [0.15, 0.2) is 0 Å². The van der Waals surface area contributed by atoms with E-state index in [4.69, 9.17) is 11.5 Å². The van der Waals surface area contributed by atoms with E-state index in [0.717, 1.165) is 18.8 Å². The molecule has 0 aromatic carbocycles. The molecule has 0 aromatic rings. The highest BCUT2D eigenvalue weighted by Crippen LogP contribution is 2.33. The summed E-state index contributed by atoms with van der Waals surface area (Å²) in [6.07, 6.45) is 4.43. The van der Waals surface area contributed by atoms with Crippen LogP contribution in [0.25, 0.3) is 0 Å². The fraction of sp³-hybridized carbons (Fsp3) is 0.917. The highest BCUT2D eigenvalue weighted by Gasteiger charge is 2.28. The van der Waals surface area contributed by atoms with E-state index in [1.165, 1.54) is 12.8 Å². The summed E-state index contributed by atoms with van der Waals surface area (Å²) in [5, 5.41) is 2.85. The van der Waals surface area contributed by atoms with Gasteiger partial charge in [-0.05, 0) is 31.6 Å². The monoisotopic (exact) mass is 227 g/mol. The Morgan fingerprint density at radius 3 is 2.44 bits per heavy atom. The number of carbonyl (C=O) groups is 1. The predicted molar refractivity (Wildman–Crippen MR) is 65.8 cm³/mol. The summed E-state index contributed by atoms with van der Waals surface area (Å²) in [6, 6.07) is 0.347. The van der Waals surface area contributed by atoms with Crippen molar-refractivity contribution in [2.45, 2.75) is 51.6 Å². The van der Waals surface area contributed by atoms with Crippen molar-refractivity contribution in [2.75, 3.05) is 6.54 Å². The number of hydrogen-bond acceptors (Lipinski definition) is 3. The van der Waals surface area contributed by atoms with Crippen molar-refractivity contribution < 1.29 is 4.79 Å². The molecule has 0 radical (unpaired) electrons. The van der Waals surface area contributed by atoms with Crippen molar-refractivity contribution in [3.05, 3.63) is 0 Å². The molecule has 0 saturated heterocycles. The van der Waals surface area contributed by atoms with Gasteiger partial charge in [0, 0.05) is 24.5 Å². The van der Waals surface area contributed by atoms with Crippen LogP contribution < -0.4 is 16.8 Å². The summed E-state index contributed by atoms with van der Waals surface area (Å²) < 4.78 is 0. The second kappa shape index (κ2) is 6.21. The second-order valence-electron chi connectivity index (χ2n) is 5.24. The average molecular weight is 227 g/mol. The van der Waals surface area contributed by atoms with E-state index < -0.39 is 0 Å². The summed E-state index contributed by atoms with van der Waals surface area (Å²) in [5.41, 5.74) is 11.9. The number of amides is 1. The first kappa shape index (κ1) is 13.5. The third kappa shape index (κ3) is 4.94. The van der Waals surface area contributed by atoms with Crippen molar-refractivity contribution >= 4 is 5.91 Å². The van der Waals surface area contributed by atoms with Gasteiger partial charge in [0.15, 0.2) is 0 Å². The molecule has 1 aliphatic carbocycles. The van der Waals surface area contributed by atoms with Crippen LogP contribution in [0.4, 0.5) is 0 Å². The molecule has 1 amide bonds. The predicted octanol–water partition coefficient (Wildman–Crippen LogP) is 0.603. The highest BCUT2D eigenvalue weighted by molar-refractivity contribution is 5.77. The van der Waals surface area contributed by atoms with Gasteiger partial charge in [-0.15, -0.1) is 0 Å². The topological polar surface area (TPSA) is 81.1 Å². The van der Waals surface area contributed by atoms with Gasteiger partial charge in [-0.25, -0.2) is 0 Å². The van der Waals surface area contributed by atoms with E-state index in [-0.39, 0.29) is 17.9 Å². The molecule has 4 heteroatoms. The van der Waals surface area contributed by atoms with Gasteiger partial charge in [0.25, 0.3) is 0 Å². The summed E-state index contributed by atoms with van der Waals surface area (Å²) in [5.74, 6) is 0.834. The molecule has 0 bridgehead atoms. The van der Waals surface area contributed by atoms with Crippen LogP contribution in [-0.4, -0.2) is 24.5 Å². The number of nitrogens with one attached hydrogen (secondary N) is 1. The smallest absolute Gasteiger partial charge is 0.222 e. The standard InChI is InChI=1S/C12H25N3O/c1-8(2)12(16)15-7-10(13)5-6-11(14)9-3-4-9/h8-11H,3-7,13-14H2,1-2H3,(H,15,16)/t10-,11?/m0/s1. The molecule has 0 aliphatic heterocycles. The first-order valence-electron chi connectivity index (χ1n) is 6.29. The van der Waals surface area contributed by atoms with E-state index in [0.29, 0.717) is 12.6 Å². The lowest BCUT2D eigenvalue weighted by molar-refractivity contribution is -0.124. The van der Waals surface area contributed by atoms with E-state index >= 15 is 0 Å². The summed E-state index contributed by atoms with van der Waals surface area (Å²) in [6.45, 7) is 4.32. The molecule has 5 N–H and O–H groups in total. The molecule has 1 fully saturated rings. The third-order valence-electron chi connectivity index (χ3n) is 3.16. The Morgan fingerprint density at radius 2 is 1.94 bits per heavy atom. The van der Waals surface area contributed by atoms with E-state index in [9.17, 15) is 4.79 Å². The first-order valence-corrected chi connectivity index (χ1v) is 6.29. The lowest BCUT2D eigenvalue weighted by Gasteiger charge is -2.16. The van der Waals surface area contributed by atoms with Crippen molar-refractivity contribution in [3.63, 3.8) is 0 Å². The molecule has 1 rings (SSSR count). The molecular formula is C12H25N3O. The minimum Gasteiger partial charge on any atom is -0.354 e. The zero-order valence-electron chi connectivity index (χ0n) is 10.4. The quantitative estimate of drug-likeness (QED) is 0.596. The maximum Gasteiger partial charge on any atom is 0.222 e. The van der Waals surface area contributed by atoms with E-state index in [1.807, 2.05) is 13.8 Å². The number of nitrogens with two attached hydrogens (primary N) is 2. The molecule has 1 aliphatic rings. The Morgan fingerprint density at radius 1 is 1.31 bits per heavy atom. The third-order valence-corrected chi connectivity index (χ3v) is 3.16. The maximum absolute atomic E-state index is 11.3. The largest absolute Gasteiger partial charge is 0.354 e. The van der Waals surface area contributed by atoms with Crippen molar-refractivity contribution in [1.82, 2.24) is 5.32 Å². The zero-order chi connectivity index (χ0) is 12.1. The van der Waals surface area contributed by atoms with Gasteiger partial charge < -0.3 is 16.8 Å². The molecule has 94 valence electrons. The first-order chi connectivity index (χ1) is 7.50. The van der Waals surface area contributed by atoms with Crippen molar-refractivity contribution in [3.8, 4) is 0 Å². The number of rotatable bonds is 7. The molecule has 0 aromatic heterocycles. The minimum absolute atomic E-state index is 0.0286. The van der Waals surface area contributed by atoms with E-state index in [1.54, 1.807) is 0 Å². The molecule has 2 atom stereocenters. The van der Waals surface area contributed by atoms with Crippen LogP contribution in [0.3, 0.4) is 0 Å². The molecule has 4 nitrogen and oxygen atoms in total. The van der Waals surface area contributed by atoms with Gasteiger partial charge in [-0.3, -0.25) is 4.79 Å². The molecule has 0 heterocycles. The van der Waals surface area contributed by atoms with Gasteiger partial charge in [-0.2, -0.15) is 0 Å². The van der Waals surface area contributed by atoms with Crippen LogP contribution in [-0.2, 0) is 4.79 Å². The lowest BCUT2D eigenvalue weighted by Crippen LogP contribution is -2.39. The van der Waals surface area contributed by atoms with Crippen molar-refractivity contribution in [2.24, 2.45) is 23.3 Å². The number of carbonyl (C=O) groups excluding carboxylic acids is 1. The summed E-state index contributed by atoms with van der Waals surface area (Å²) in [4.78, 5) is 11.3. The molecule has 0 spiro atoms. The van der Waals surface area contributed by atoms with Crippen LogP contribution in [0.1, 0.15) is 39.5 Å². The maximum atomic E-state index is 11.3. The zero-order valence-corrected chi connectivity index (χ0v) is 10.4. The summed E-state index contributed by atoms with van der Waals surface area (Å²) >= 11 is 0. The highest BCUT2D eigenvalue weighted by atomic mass is 16.1. The fourth-order valence-electron chi connectivity index (χ4n) is 1.70. The van der Waals surface area contributed by atoms with Crippen molar-refractivity contribution in [1.29, 1.82) is 0 Å². The van der Waals surface area contributed by atoms with E-state index in [2.05, 4.69) is 5.32 Å². The number of hydrogen-bond donors (Lipinski definition) is 3.